The quantitative estimate of drug-likeness (QED) is 0.349. The van der Waals surface area contributed by atoms with Crippen molar-refractivity contribution in [2.45, 2.75) is 24.8 Å². The topological polar surface area (TPSA) is 72.3 Å². The molecule has 4 rings (SSSR count). The number of H-pyrrole nitrogens is 1. The number of aromatic nitrogens is 4. The summed E-state index contributed by atoms with van der Waals surface area (Å²) in [6.45, 7) is 1.95. The summed E-state index contributed by atoms with van der Waals surface area (Å²) in [6.07, 6.45) is 1.05. The number of benzene rings is 2. The number of hydrogen-bond donors (Lipinski definition) is 1. The van der Waals surface area contributed by atoms with Gasteiger partial charge in [-0.15, -0.1) is 0 Å². The number of nitrogens with zero attached hydrogens (tertiary/aromatic N) is 3. The van der Waals surface area contributed by atoms with Crippen molar-refractivity contribution < 1.29 is 17.9 Å². The first-order valence-corrected chi connectivity index (χ1v) is 10.5. The van der Waals surface area contributed by atoms with E-state index in [2.05, 4.69) is 15.1 Å². The maximum Gasteiger partial charge on any atom is 0.350 e. The number of nitrogens with one attached hydrogen (secondary N) is 1. The number of halogens is 3. The van der Waals surface area contributed by atoms with Crippen molar-refractivity contribution in [3.05, 3.63) is 81.7 Å². The lowest BCUT2D eigenvalue weighted by atomic mass is 10.0. The molecule has 0 fully saturated rings. The monoisotopic (exact) mass is 446 g/mol. The summed E-state index contributed by atoms with van der Waals surface area (Å²) in [5.74, 6) is -4.29. The maximum absolute atomic E-state index is 14.0. The van der Waals surface area contributed by atoms with Gasteiger partial charge >= 0.3 is 5.69 Å². The zero-order valence-electron chi connectivity index (χ0n) is 16.5. The van der Waals surface area contributed by atoms with Gasteiger partial charge in [-0.2, -0.15) is 9.61 Å². The predicted molar refractivity (Wildman–Crippen MR) is 110 cm³/mol. The molecule has 1 atom stereocenters. The highest BCUT2D eigenvalue weighted by atomic mass is 32.2. The van der Waals surface area contributed by atoms with E-state index in [1.165, 1.54) is 11.8 Å². The standard InChI is InChI=1S/C21H17F3N4O2S/c1-11(30-10-12-6-4-3-5-7-12)18-16(13-8-14(22)17(24)15(23)9-13)19-25-20(31-2)26-21(29)28(19)27-18/h3-9,11H,10H2,1-2H3,(H,25,26,29)/t11-/m0/s1. The molecule has 6 nitrogen and oxygen atoms in total. The first-order valence-electron chi connectivity index (χ1n) is 9.26. The van der Waals surface area contributed by atoms with E-state index in [-0.39, 0.29) is 29.1 Å². The molecule has 0 saturated heterocycles. The van der Waals surface area contributed by atoms with Crippen LogP contribution in [-0.4, -0.2) is 25.8 Å². The molecule has 0 aliphatic rings. The fourth-order valence-corrected chi connectivity index (χ4v) is 3.54. The Kier molecular flexibility index (Phi) is 5.84. The third-order valence-corrected chi connectivity index (χ3v) is 5.28. The van der Waals surface area contributed by atoms with E-state index >= 15 is 0 Å². The number of rotatable bonds is 6. The summed E-state index contributed by atoms with van der Waals surface area (Å²) in [6, 6.07) is 11.1. The molecule has 1 N–H and O–H groups in total. The van der Waals surface area contributed by atoms with Gasteiger partial charge in [0.1, 0.15) is 5.69 Å². The zero-order valence-corrected chi connectivity index (χ0v) is 17.3. The Hall–Kier alpha value is -3.11. The Morgan fingerprint density at radius 2 is 1.84 bits per heavy atom. The Morgan fingerprint density at radius 3 is 2.48 bits per heavy atom. The van der Waals surface area contributed by atoms with Crippen molar-refractivity contribution in [1.82, 2.24) is 19.6 Å². The maximum atomic E-state index is 14.0. The van der Waals surface area contributed by atoms with Gasteiger partial charge < -0.3 is 4.74 Å². The summed E-state index contributed by atoms with van der Waals surface area (Å²) in [7, 11) is 0. The molecule has 0 spiro atoms. The minimum absolute atomic E-state index is 0.00159. The molecular weight excluding hydrogens is 429 g/mol. The van der Waals surface area contributed by atoms with Crippen LogP contribution in [0.15, 0.2) is 52.4 Å². The van der Waals surface area contributed by atoms with Gasteiger partial charge in [0.2, 0.25) is 0 Å². The van der Waals surface area contributed by atoms with Gasteiger partial charge in [0.15, 0.2) is 28.3 Å². The van der Waals surface area contributed by atoms with Crippen LogP contribution < -0.4 is 5.69 Å². The number of ether oxygens (including phenoxy) is 1. The third kappa shape index (κ3) is 4.08. The van der Waals surface area contributed by atoms with Crippen molar-refractivity contribution in [1.29, 1.82) is 0 Å². The molecule has 0 radical (unpaired) electrons. The molecule has 10 heteroatoms. The molecule has 31 heavy (non-hydrogen) atoms. The normalized spacial score (nSPS) is 12.4. The van der Waals surface area contributed by atoms with Gasteiger partial charge in [0.05, 0.1) is 18.3 Å². The van der Waals surface area contributed by atoms with Crippen LogP contribution in [0.25, 0.3) is 16.8 Å². The first kappa shape index (κ1) is 21.1. The number of hydrogen-bond acceptors (Lipinski definition) is 5. The summed E-state index contributed by atoms with van der Waals surface area (Å²) >= 11 is 1.19. The fraction of sp³-hybridized carbons (Fsp3) is 0.190. The average Bonchev–Trinajstić information content (AvgIpc) is 3.16. The smallest absolute Gasteiger partial charge is 0.350 e. The van der Waals surface area contributed by atoms with E-state index in [9.17, 15) is 18.0 Å². The number of fused-ring (bicyclic) bond motifs is 1. The second kappa shape index (κ2) is 8.56. The Balaban J connectivity index is 1.87. The number of thioether (sulfide) groups is 1. The van der Waals surface area contributed by atoms with E-state index in [0.717, 1.165) is 22.2 Å². The highest BCUT2D eigenvalue weighted by Gasteiger charge is 2.25. The van der Waals surface area contributed by atoms with Crippen LogP contribution in [0.4, 0.5) is 13.2 Å². The van der Waals surface area contributed by atoms with Crippen molar-refractivity contribution in [3.63, 3.8) is 0 Å². The summed E-state index contributed by atoms with van der Waals surface area (Å²) < 4.78 is 48.4. The Bertz CT molecular complexity index is 1280. The van der Waals surface area contributed by atoms with Gasteiger partial charge in [-0.3, -0.25) is 4.98 Å². The van der Waals surface area contributed by atoms with Crippen molar-refractivity contribution in [2.75, 3.05) is 6.26 Å². The van der Waals surface area contributed by atoms with Crippen LogP contribution in [0, 0.1) is 17.5 Å². The molecule has 0 aliphatic carbocycles. The molecule has 2 heterocycles. The van der Waals surface area contributed by atoms with Crippen LogP contribution >= 0.6 is 11.8 Å². The lowest BCUT2D eigenvalue weighted by Gasteiger charge is -2.13. The molecule has 0 saturated carbocycles. The fourth-order valence-electron chi connectivity index (χ4n) is 3.17. The minimum atomic E-state index is -1.58. The lowest BCUT2D eigenvalue weighted by Crippen LogP contribution is -2.19. The van der Waals surface area contributed by atoms with Crippen LogP contribution in [-0.2, 0) is 11.3 Å². The van der Waals surface area contributed by atoms with Crippen molar-refractivity contribution in [3.8, 4) is 11.1 Å². The molecule has 0 amide bonds. The summed E-state index contributed by atoms with van der Waals surface area (Å²) in [4.78, 5) is 19.4. The van der Waals surface area contributed by atoms with E-state index < -0.39 is 29.2 Å². The summed E-state index contributed by atoms with van der Waals surface area (Å²) in [5, 5.41) is 4.59. The second-order valence-electron chi connectivity index (χ2n) is 6.74. The molecule has 4 aromatic rings. The van der Waals surface area contributed by atoms with E-state index in [1.54, 1.807) is 13.2 Å². The number of aromatic amines is 1. The average molecular weight is 446 g/mol. The molecule has 0 aliphatic heterocycles. The second-order valence-corrected chi connectivity index (χ2v) is 7.53. The lowest BCUT2D eigenvalue weighted by molar-refractivity contribution is 0.0499. The van der Waals surface area contributed by atoms with Crippen LogP contribution in [0.2, 0.25) is 0 Å². The molecular formula is C21H17F3N4O2S. The van der Waals surface area contributed by atoms with Crippen LogP contribution in [0.5, 0.6) is 0 Å². The minimum Gasteiger partial charge on any atom is -0.367 e. The zero-order chi connectivity index (χ0) is 22.1. The van der Waals surface area contributed by atoms with Gasteiger partial charge in [0, 0.05) is 0 Å². The SMILES string of the molecule is CSc1nc2c(-c3cc(F)c(F)c(F)c3)c([C@H](C)OCc3ccccc3)nn2c(=O)[nH]1. The molecule has 160 valence electrons. The first-order chi connectivity index (χ1) is 14.9. The van der Waals surface area contributed by atoms with Gasteiger partial charge in [0.25, 0.3) is 0 Å². The largest absolute Gasteiger partial charge is 0.367 e. The molecule has 2 aromatic carbocycles. The van der Waals surface area contributed by atoms with Crippen LogP contribution in [0.3, 0.4) is 0 Å². The van der Waals surface area contributed by atoms with Gasteiger partial charge in [-0.1, -0.05) is 42.1 Å². The van der Waals surface area contributed by atoms with Crippen molar-refractivity contribution >= 4 is 17.4 Å². The molecule has 0 unspecified atom stereocenters. The van der Waals surface area contributed by atoms with E-state index in [0.29, 0.717) is 5.16 Å². The van der Waals surface area contributed by atoms with E-state index in [1.807, 2.05) is 30.3 Å². The Labute approximate surface area is 179 Å². The highest BCUT2D eigenvalue weighted by molar-refractivity contribution is 7.98. The Morgan fingerprint density at radius 1 is 1.16 bits per heavy atom. The van der Waals surface area contributed by atoms with E-state index in [4.69, 9.17) is 4.74 Å². The third-order valence-electron chi connectivity index (χ3n) is 4.70. The van der Waals surface area contributed by atoms with Crippen LogP contribution in [0.1, 0.15) is 24.3 Å². The van der Waals surface area contributed by atoms with Gasteiger partial charge in [-0.05, 0) is 36.4 Å². The highest BCUT2D eigenvalue weighted by Crippen LogP contribution is 2.34. The predicted octanol–water partition coefficient (Wildman–Crippen LogP) is 4.50. The summed E-state index contributed by atoms with van der Waals surface area (Å²) in [5.41, 5.74) is 0.877. The van der Waals surface area contributed by atoms with Crippen molar-refractivity contribution in [2.24, 2.45) is 0 Å². The molecule has 0 bridgehead atoms. The molecule has 2 aromatic heterocycles. The van der Waals surface area contributed by atoms with Gasteiger partial charge in [-0.25, -0.2) is 22.9 Å².